The standard InChI is InChI=1S/C22H21FN2O4S/c1-22(2)16(12-6-14(30-11-12)9-24-10-19(26)28-3)8-18(29-22)20-15-5-4-13(23)7-17(15)25-21(20)27/h4-8,11,24H,9-10H2,1-3H3,(H,25,27)/b20-18-. The SMILES string of the molecule is COC(=O)CNCc1cc(C2=C/C(=C3/C(=O)Nc4cc(F)ccc43)OC2(C)C)cs1. The van der Waals surface area contributed by atoms with Crippen molar-refractivity contribution in [2.45, 2.75) is 26.0 Å². The molecule has 0 spiro atoms. The molecule has 156 valence electrons. The zero-order valence-corrected chi connectivity index (χ0v) is 17.6. The highest BCUT2D eigenvalue weighted by molar-refractivity contribution is 7.10. The van der Waals surface area contributed by atoms with Gasteiger partial charge in [0.05, 0.1) is 24.9 Å². The van der Waals surface area contributed by atoms with Crippen molar-refractivity contribution in [2.24, 2.45) is 0 Å². The Bertz CT molecular complexity index is 1100. The zero-order valence-electron chi connectivity index (χ0n) is 16.8. The van der Waals surface area contributed by atoms with Crippen LogP contribution in [0, 0.1) is 5.82 Å². The third kappa shape index (κ3) is 3.76. The van der Waals surface area contributed by atoms with E-state index in [-0.39, 0.29) is 18.4 Å². The average Bonchev–Trinajstić information content (AvgIpc) is 3.35. The number of methoxy groups -OCH3 is 1. The predicted octanol–water partition coefficient (Wildman–Crippen LogP) is 3.71. The van der Waals surface area contributed by atoms with Crippen LogP contribution in [0.15, 0.2) is 41.5 Å². The minimum Gasteiger partial charge on any atom is -0.482 e. The largest absolute Gasteiger partial charge is 0.482 e. The minimum absolute atomic E-state index is 0.145. The number of fused-ring (bicyclic) bond motifs is 1. The van der Waals surface area contributed by atoms with Crippen LogP contribution in [-0.2, 0) is 25.6 Å². The number of amides is 1. The molecular formula is C22H21FN2O4S. The first-order chi connectivity index (χ1) is 14.3. The van der Waals surface area contributed by atoms with Crippen LogP contribution in [-0.4, -0.2) is 31.1 Å². The van der Waals surface area contributed by atoms with Gasteiger partial charge in [-0.3, -0.25) is 9.59 Å². The number of hydrogen-bond acceptors (Lipinski definition) is 6. The highest BCUT2D eigenvalue weighted by atomic mass is 32.1. The minimum atomic E-state index is -0.636. The fourth-order valence-electron chi connectivity index (χ4n) is 3.58. The third-order valence-corrected chi connectivity index (χ3v) is 5.96. The molecule has 6 nitrogen and oxygen atoms in total. The monoisotopic (exact) mass is 428 g/mol. The Kier molecular flexibility index (Phi) is 5.21. The van der Waals surface area contributed by atoms with Gasteiger partial charge in [-0.15, -0.1) is 11.3 Å². The lowest BCUT2D eigenvalue weighted by Crippen LogP contribution is -2.23. The van der Waals surface area contributed by atoms with E-state index >= 15 is 0 Å². The molecule has 0 saturated carbocycles. The van der Waals surface area contributed by atoms with Crippen molar-refractivity contribution in [3.63, 3.8) is 0 Å². The summed E-state index contributed by atoms with van der Waals surface area (Å²) in [6.07, 6.45) is 1.88. The molecule has 0 fully saturated rings. The van der Waals surface area contributed by atoms with Crippen LogP contribution in [0.4, 0.5) is 10.1 Å². The topological polar surface area (TPSA) is 76.7 Å². The van der Waals surface area contributed by atoms with E-state index in [4.69, 9.17) is 4.74 Å². The lowest BCUT2D eigenvalue weighted by Gasteiger charge is -2.22. The molecule has 2 aliphatic rings. The molecule has 0 radical (unpaired) electrons. The van der Waals surface area contributed by atoms with E-state index in [9.17, 15) is 14.0 Å². The molecular weight excluding hydrogens is 407 g/mol. The Balaban J connectivity index is 1.63. The fourth-order valence-corrected chi connectivity index (χ4v) is 4.44. The number of ether oxygens (including phenoxy) is 2. The second-order valence-electron chi connectivity index (χ2n) is 7.54. The Labute approximate surface area is 177 Å². The highest BCUT2D eigenvalue weighted by Crippen LogP contribution is 2.45. The number of nitrogens with one attached hydrogen (secondary N) is 2. The molecule has 0 atom stereocenters. The molecule has 0 saturated heterocycles. The van der Waals surface area contributed by atoms with Gasteiger partial charge in [-0.05, 0) is 55.1 Å². The molecule has 3 heterocycles. The lowest BCUT2D eigenvalue weighted by molar-refractivity contribution is -0.139. The molecule has 2 N–H and O–H groups in total. The maximum atomic E-state index is 13.5. The van der Waals surface area contributed by atoms with Gasteiger partial charge in [0, 0.05) is 22.6 Å². The summed E-state index contributed by atoms with van der Waals surface area (Å²) in [7, 11) is 1.35. The van der Waals surface area contributed by atoms with Gasteiger partial charge in [-0.1, -0.05) is 0 Å². The Morgan fingerprint density at radius 3 is 2.90 bits per heavy atom. The van der Waals surface area contributed by atoms with Crippen LogP contribution in [0.5, 0.6) is 0 Å². The van der Waals surface area contributed by atoms with Gasteiger partial charge in [0.25, 0.3) is 5.91 Å². The van der Waals surface area contributed by atoms with Crippen molar-refractivity contribution in [1.29, 1.82) is 0 Å². The number of halogens is 1. The summed E-state index contributed by atoms with van der Waals surface area (Å²) < 4.78 is 24.3. The molecule has 2 aromatic rings. The van der Waals surface area contributed by atoms with E-state index in [2.05, 4.69) is 15.4 Å². The van der Waals surface area contributed by atoms with E-state index in [1.807, 2.05) is 31.4 Å². The fraction of sp³-hybridized carbons (Fsp3) is 0.273. The molecule has 1 aromatic carbocycles. The summed E-state index contributed by atoms with van der Waals surface area (Å²) >= 11 is 1.57. The lowest BCUT2D eigenvalue weighted by atomic mass is 9.94. The van der Waals surface area contributed by atoms with Crippen molar-refractivity contribution in [3.05, 3.63) is 63.3 Å². The Hall–Kier alpha value is -2.97. The van der Waals surface area contributed by atoms with Crippen LogP contribution < -0.4 is 10.6 Å². The molecule has 1 aromatic heterocycles. The smallest absolute Gasteiger partial charge is 0.319 e. The molecule has 8 heteroatoms. The maximum Gasteiger partial charge on any atom is 0.319 e. The zero-order chi connectivity index (χ0) is 21.5. The molecule has 30 heavy (non-hydrogen) atoms. The predicted molar refractivity (Wildman–Crippen MR) is 113 cm³/mol. The molecule has 0 bridgehead atoms. The number of carbonyl (C=O) groups excluding carboxylic acids is 2. The van der Waals surface area contributed by atoms with Gasteiger partial charge >= 0.3 is 5.97 Å². The molecule has 2 aliphatic heterocycles. The third-order valence-electron chi connectivity index (χ3n) is 5.02. The van der Waals surface area contributed by atoms with Crippen molar-refractivity contribution >= 4 is 40.0 Å². The van der Waals surface area contributed by atoms with Crippen LogP contribution in [0.3, 0.4) is 0 Å². The summed E-state index contributed by atoms with van der Waals surface area (Å²) in [6, 6.07) is 6.26. The number of hydrogen-bond donors (Lipinski definition) is 2. The van der Waals surface area contributed by atoms with Gasteiger partial charge in [0.2, 0.25) is 0 Å². The van der Waals surface area contributed by atoms with Gasteiger partial charge in [-0.25, -0.2) is 4.39 Å². The van der Waals surface area contributed by atoms with Gasteiger partial charge in [0.1, 0.15) is 17.2 Å². The van der Waals surface area contributed by atoms with E-state index in [1.165, 1.54) is 19.2 Å². The Morgan fingerprint density at radius 1 is 1.33 bits per heavy atom. The van der Waals surface area contributed by atoms with Crippen molar-refractivity contribution in [3.8, 4) is 0 Å². The highest BCUT2D eigenvalue weighted by Gasteiger charge is 2.38. The van der Waals surface area contributed by atoms with Crippen molar-refractivity contribution < 1.29 is 23.5 Å². The maximum absolute atomic E-state index is 13.5. The van der Waals surface area contributed by atoms with Crippen LogP contribution in [0.1, 0.15) is 29.9 Å². The number of esters is 1. The molecule has 0 aliphatic carbocycles. The van der Waals surface area contributed by atoms with E-state index < -0.39 is 11.4 Å². The van der Waals surface area contributed by atoms with Gasteiger partial charge < -0.3 is 20.1 Å². The average molecular weight is 428 g/mol. The second-order valence-corrected chi connectivity index (χ2v) is 8.53. The number of allylic oxidation sites excluding steroid dienone is 1. The van der Waals surface area contributed by atoms with E-state index in [1.54, 1.807) is 17.4 Å². The van der Waals surface area contributed by atoms with E-state index in [0.29, 0.717) is 29.1 Å². The van der Waals surface area contributed by atoms with E-state index in [0.717, 1.165) is 16.0 Å². The summed E-state index contributed by atoms with van der Waals surface area (Å²) in [6.45, 7) is 4.57. The number of thiophene rings is 1. The number of benzene rings is 1. The summed E-state index contributed by atoms with van der Waals surface area (Å²) in [5, 5.41) is 7.77. The first-order valence-corrected chi connectivity index (χ1v) is 10.3. The quantitative estimate of drug-likeness (QED) is 0.561. The summed E-state index contributed by atoms with van der Waals surface area (Å²) in [4.78, 5) is 24.8. The summed E-state index contributed by atoms with van der Waals surface area (Å²) in [5.41, 5.74) is 2.78. The molecule has 0 unspecified atom stereocenters. The molecule has 4 rings (SSSR count). The van der Waals surface area contributed by atoms with Crippen molar-refractivity contribution in [1.82, 2.24) is 5.32 Å². The number of anilines is 1. The van der Waals surface area contributed by atoms with Gasteiger partial charge in [0.15, 0.2) is 0 Å². The van der Waals surface area contributed by atoms with Crippen LogP contribution >= 0.6 is 11.3 Å². The normalized spacial score (nSPS) is 19.2. The summed E-state index contributed by atoms with van der Waals surface area (Å²) in [5.74, 6) is -0.562. The van der Waals surface area contributed by atoms with Crippen LogP contribution in [0.2, 0.25) is 0 Å². The van der Waals surface area contributed by atoms with Gasteiger partial charge in [-0.2, -0.15) is 0 Å². The number of carbonyl (C=O) groups is 2. The second kappa shape index (κ2) is 7.70. The number of rotatable bonds is 5. The van der Waals surface area contributed by atoms with Crippen LogP contribution in [0.25, 0.3) is 11.1 Å². The molecule has 1 amide bonds. The first-order valence-electron chi connectivity index (χ1n) is 9.40. The first kappa shape index (κ1) is 20.3. The Morgan fingerprint density at radius 2 is 2.13 bits per heavy atom. The van der Waals surface area contributed by atoms with Crippen molar-refractivity contribution in [2.75, 3.05) is 19.0 Å².